The molecular formula is C36H55N3O16. The van der Waals surface area contributed by atoms with E-state index in [1.807, 2.05) is 0 Å². The molecule has 0 radical (unpaired) electrons. The lowest BCUT2D eigenvalue weighted by molar-refractivity contribution is -0.354. The van der Waals surface area contributed by atoms with E-state index in [0.29, 0.717) is 11.3 Å². The summed E-state index contributed by atoms with van der Waals surface area (Å²) in [5.41, 5.74) is 12.3. The van der Waals surface area contributed by atoms with Crippen molar-refractivity contribution in [3.05, 3.63) is 35.4 Å². The second-order valence-electron chi connectivity index (χ2n) is 14.4. The predicted octanol–water partition coefficient (Wildman–Crippen LogP) is -2.64. The minimum Gasteiger partial charge on any atom is -0.458 e. The van der Waals surface area contributed by atoms with Gasteiger partial charge in [0.15, 0.2) is 25.0 Å². The van der Waals surface area contributed by atoms with Crippen LogP contribution in [0.3, 0.4) is 0 Å². The third kappa shape index (κ3) is 9.37. The highest BCUT2D eigenvalue weighted by Crippen LogP contribution is 2.37. The van der Waals surface area contributed by atoms with Gasteiger partial charge in [0.05, 0.1) is 43.0 Å². The molecule has 0 spiro atoms. The van der Waals surface area contributed by atoms with E-state index in [1.165, 1.54) is 24.3 Å². The van der Waals surface area contributed by atoms with Crippen molar-refractivity contribution in [2.24, 2.45) is 11.5 Å². The highest BCUT2D eigenvalue weighted by molar-refractivity contribution is 6.21. The van der Waals surface area contributed by atoms with Crippen molar-refractivity contribution in [1.82, 2.24) is 4.90 Å². The SMILES string of the molecule is CCCCCCCCCC(=O)O[C@H]1C(O[C@@H]2O[C@H](CO)C(O[C@@H]3O[C@H](CO)[C@@H](O)[C@H](O)[C@H]3N)[C@H](O)[C@H]2N2C(=O)c3ccccc3C2=O)[C@@H](CO)O[C@@H](O)[C@@H]1N. The van der Waals surface area contributed by atoms with E-state index < -0.39 is 130 Å². The molecular weight excluding hydrogens is 730 g/mol. The van der Waals surface area contributed by atoms with Crippen molar-refractivity contribution >= 4 is 17.8 Å². The second-order valence-corrected chi connectivity index (χ2v) is 14.4. The summed E-state index contributed by atoms with van der Waals surface area (Å²) in [4.78, 5) is 41.5. The van der Waals surface area contributed by atoms with Gasteiger partial charge in [0.1, 0.15) is 54.9 Å². The average molecular weight is 786 g/mol. The summed E-state index contributed by atoms with van der Waals surface area (Å²) < 4.78 is 35.1. The Bertz CT molecular complexity index is 1400. The lowest BCUT2D eigenvalue weighted by Crippen LogP contribution is -2.71. The fourth-order valence-electron chi connectivity index (χ4n) is 7.46. The topological polar surface area (TPSA) is 303 Å². The maximum Gasteiger partial charge on any atom is 0.306 e. The van der Waals surface area contributed by atoms with Gasteiger partial charge in [-0.25, -0.2) is 0 Å². The first-order chi connectivity index (χ1) is 26.4. The molecule has 310 valence electrons. The van der Waals surface area contributed by atoms with Gasteiger partial charge in [0, 0.05) is 6.42 Å². The number of aliphatic hydroxyl groups excluding tert-OH is 7. The van der Waals surface area contributed by atoms with E-state index >= 15 is 0 Å². The molecule has 4 heterocycles. The Labute approximate surface area is 318 Å². The van der Waals surface area contributed by atoms with Gasteiger partial charge in [-0.1, -0.05) is 57.6 Å². The number of fused-ring (bicyclic) bond motifs is 1. The van der Waals surface area contributed by atoms with Crippen molar-refractivity contribution < 1.29 is 78.6 Å². The van der Waals surface area contributed by atoms with Crippen LogP contribution in [-0.4, -0.2) is 170 Å². The van der Waals surface area contributed by atoms with Gasteiger partial charge in [-0.15, -0.1) is 0 Å². The van der Waals surface area contributed by atoms with Crippen molar-refractivity contribution in [2.75, 3.05) is 19.8 Å². The highest BCUT2D eigenvalue weighted by atomic mass is 16.7. The molecule has 3 saturated heterocycles. The van der Waals surface area contributed by atoms with Crippen LogP contribution in [0, 0.1) is 0 Å². The van der Waals surface area contributed by atoms with Gasteiger partial charge in [-0.3, -0.25) is 19.3 Å². The molecule has 1 aromatic carbocycles. The standard InChI is InChI=1S/C36H55N3O16/c1-2-3-4-5-6-7-8-13-22(43)53-31-24(38)34(49)50-21(16-42)30(31)55-36-25(39-32(47)17-11-9-10-12-18(17)33(39)48)28(46)29(20(15-41)52-36)54-35-23(37)27(45)26(44)19(14-40)51-35/h9-12,19-21,23-31,34-36,40-42,44-46,49H,2-8,13-16,37-38H2,1H3/t19-,20-,21-,23-,24-,25-,26-,27-,28-,29?,30?,31-,34-,35+,36+/m1/s1. The van der Waals surface area contributed by atoms with E-state index in [2.05, 4.69) is 6.92 Å². The van der Waals surface area contributed by atoms with Crippen molar-refractivity contribution in [3.63, 3.8) is 0 Å². The molecule has 2 amide bonds. The number of imide groups is 1. The summed E-state index contributed by atoms with van der Waals surface area (Å²) in [6.45, 7) is -0.289. The monoisotopic (exact) mass is 785 g/mol. The molecule has 0 bridgehead atoms. The summed E-state index contributed by atoms with van der Waals surface area (Å²) in [6.07, 6.45) is -12.7. The van der Waals surface area contributed by atoms with E-state index in [1.54, 1.807) is 0 Å². The number of ether oxygens (including phenoxy) is 6. The molecule has 19 heteroatoms. The molecule has 5 rings (SSSR count). The lowest BCUT2D eigenvalue weighted by atomic mass is 9.93. The number of benzene rings is 1. The first-order valence-electron chi connectivity index (χ1n) is 18.9. The molecule has 1 aromatic rings. The Hall–Kier alpha value is -2.73. The molecule has 0 aromatic heterocycles. The zero-order valence-electron chi connectivity index (χ0n) is 30.7. The van der Waals surface area contributed by atoms with Crippen LogP contribution < -0.4 is 11.5 Å². The van der Waals surface area contributed by atoms with Crippen molar-refractivity contribution in [3.8, 4) is 0 Å². The fraction of sp³-hybridized carbons (Fsp3) is 0.750. The summed E-state index contributed by atoms with van der Waals surface area (Å²) in [5.74, 6) is -2.37. The number of hydrogen-bond donors (Lipinski definition) is 9. The van der Waals surface area contributed by atoms with Crippen molar-refractivity contribution in [2.45, 2.75) is 150 Å². The zero-order chi connectivity index (χ0) is 40.0. The summed E-state index contributed by atoms with van der Waals surface area (Å²) in [5, 5.41) is 74.0. The number of aliphatic hydroxyl groups is 7. The minimum atomic E-state index is -1.96. The van der Waals surface area contributed by atoms with Gasteiger partial charge in [0.25, 0.3) is 11.8 Å². The zero-order valence-corrected chi connectivity index (χ0v) is 30.7. The van der Waals surface area contributed by atoms with Crippen LogP contribution in [0.4, 0.5) is 0 Å². The van der Waals surface area contributed by atoms with Crippen LogP contribution in [0.15, 0.2) is 24.3 Å². The van der Waals surface area contributed by atoms with Gasteiger partial charge in [-0.05, 0) is 18.6 Å². The molecule has 55 heavy (non-hydrogen) atoms. The van der Waals surface area contributed by atoms with E-state index in [0.717, 1.165) is 38.5 Å². The van der Waals surface area contributed by atoms with E-state index in [9.17, 15) is 50.1 Å². The maximum atomic E-state index is 13.8. The number of hydrogen-bond acceptors (Lipinski definition) is 18. The Morgan fingerprint density at radius 2 is 1.24 bits per heavy atom. The second kappa shape index (κ2) is 19.6. The molecule has 2 unspecified atom stereocenters. The number of nitrogens with two attached hydrogens (primary N) is 2. The number of rotatable bonds is 17. The molecule has 11 N–H and O–H groups in total. The Kier molecular flexibility index (Phi) is 15.5. The molecule has 15 atom stereocenters. The Balaban J connectivity index is 1.43. The Morgan fingerprint density at radius 1 is 0.691 bits per heavy atom. The quantitative estimate of drug-likeness (QED) is 0.0443. The molecule has 0 aliphatic carbocycles. The largest absolute Gasteiger partial charge is 0.458 e. The maximum absolute atomic E-state index is 13.8. The van der Waals surface area contributed by atoms with Crippen LogP contribution in [0.2, 0.25) is 0 Å². The van der Waals surface area contributed by atoms with Crippen LogP contribution in [0.5, 0.6) is 0 Å². The first kappa shape index (κ1) is 43.4. The minimum absolute atomic E-state index is 0.00252. The fourth-order valence-corrected chi connectivity index (χ4v) is 7.46. The van der Waals surface area contributed by atoms with Gasteiger partial charge < -0.3 is 75.6 Å². The molecule has 19 nitrogen and oxygen atoms in total. The summed E-state index contributed by atoms with van der Waals surface area (Å²) in [6, 6.07) is 1.24. The number of nitrogens with zero attached hydrogens (tertiary/aromatic N) is 1. The highest BCUT2D eigenvalue weighted by Gasteiger charge is 2.58. The van der Waals surface area contributed by atoms with Crippen molar-refractivity contribution in [1.29, 1.82) is 0 Å². The van der Waals surface area contributed by atoms with Gasteiger partial charge in [0.2, 0.25) is 0 Å². The number of carbonyl (C=O) groups excluding carboxylic acids is 3. The third-order valence-electron chi connectivity index (χ3n) is 10.6. The number of esters is 1. The van der Waals surface area contributed by atoms with E-state index in [4.69, 9.17) is 39.9 Å². The Morgan fingerprint density at radius 3 is 1.84 bits per heavy atom. The number of unbranched alkanes of at least 4 members (excludes halogenated alkanes) is 6. The molecule has 4 aliphatic rings. The summed E-state index contributed by atoms with van der Waals surface area (Å²) >= 11 is 0. The molecule has 3 fully saturated rings. The number of carbonyl (C=O) groups is 3. The third-order valence-corrected chi connectivity index (χ3v) is 10.6. The average Bonchev–Trinajstić information content (AvgIpc) is 3.43. The summed E-state index contributed by atoms with van der Waals surface area (Å²) in [7, 11) is 0. The van der Waals surface area contributed by atoms with E-state index in [-0.39, 0.29) is 17.5 Å². The smallest absolute Gasteiger partial charge is 0.306 e. The van der Waals surface area contributed by atoms with Crippen LogP contribution in [0.25, 0.3) is 0 Å². The van der Waals surface area contributed by atoms with Gasteiger partial charge in [-0.2, -0.15) is 0 Å². The normalized spacial score (nSPS) is 37.9. The van der Waals surface area contributed by atoms with Crippen LogP contribution in [0.1, 0.15) is 79.0 Å². The molecule has 0 saturated carbocycles. The van der Waals surface area contributed by atoms with Gasteiger partial charge >= 0.3 is 5.97 Å². The van der Waals surface area contributed by atoms with Crippen LogP contribution in [-0.2, 0) is 33.2 Å². The predicted molar refractivity (Wildman–Crippen MR) is 186 cm³/mol. The van der Waals surface area contributed by atoms with Crippen LogP contribution >= 0.6 is 0 Å². The first-order valence-corrected chi connectivity index (χ1v) is 18.9. The lowest BCUT2D eigenvalue weighted by Gasteiger charge is -2.50. The number of amides is 2. The molecule has 4 aliphatic heterocycles.